The van der Waals surface area contributed by atoms with Crippen molar-refractivity contribution in [2.75, 3.05) is 6.61 Å². The first-order chi connectivity index (χ1) is 6.62. The van der Waals surface area contributed by atoms with Crippen LogP contribution in [0.3, 0.4) is 0 Å². The van der Waals surface area contributed by atoms with Gasteiger partial charge in [0, 0.05) is 11.6 Å². The van der Waals surface area contributed by atoms with E-state index >= 15 is 0 Å². The molecular weight excluding hydrogens is 174 g/mol. The first-order valence-electron chi connectivity index (χ1n) is 6.00. The third kappa shape index (κ3) is 2.96. The molecule has 0 saturated heterocycles. The SMILES string of the molecule is CCC1CCC(CO)(NC(C)C)CC1. The highest BCUT2D eigenvalue weighted by Gasteiger charge is 2.34. The fourth-order valence-corrected chi connectivity index (χ4v) is 2.60. The molecule has 0 aliphatic heterocycles. The number of rotatable bonds is 4. The molecule has 0 radical (unpaired) electrons. The third-order valence-electron chi connectivity index (χ3n) is 3.54. The van der Waals surface area contributed by atoms with Crippen molar-refractivity contribution in [2.45, 2.75) is 64.5 Å². The minimum atomic E-state index is 0.0276. The van der Waals surface area contributed by atoms with Gasteiger partial charge in [-0.2, -0.15) is 0 Å². The van der Waals surface area contributed by atoms with Crippen LogP contribution in [0, 0.1) is 5.92 Å². The van der Waals surface area contributed by atoms with Crippen LogP contribution < -0.4 is 5.32 Å². The van der Waals surface area contributed by atoms with Gasteiger partial charge in [-0.3, -0.25) is 0 Å². The van der Waals surface area contributed by atoms with Gasteiger partial charge in [0.05, 0.1) is 6.61 Å². The maximum Gasteiger partial charge on any atom is 0.0613 e. The lowest BCUT2D eigenvalue weighted by Crippen LogP contribution is -2.53. The van der Waals surface area contributed by atoms with Crippen molar-refractivity contribution in [2.24, 2.45) is 5.92 Å². The van der Waals surface area contributed by atoms with E-state index in [1.807, 2.05) is 0 Å². The molecule has 0 atom stereocenters. The molecule has 2 heteroatoms. The zero-order valence-electron chi connectivity index (χ0n) is 9.84. The number of hydrogen-bond acceptors (Lipinski definition) is 2. The molecule has 0 unspecified atom stereocenters. The average molecular weight is 199 g/mol. The molecule has 0 aromatic heterocycles. The van der Waals surface area contributed by atoms with Crippen molar-refractivity contribution < 1.29 is 5.11 Å². The molecule has 1 saturated carbocycles. The van der Waals surface area contributed by atoms with Crippen molar-refractivity contribution in [1.29, 1.82) is 0 Å². The van der Waals surface area contributed by atoms with Gasteiger partial charge in [-0.15, -0.1) is 0 Å². The zero-order valence-corrected chi connectivity index (χ0v) is 9.84. The summed E-state index contributed by atoms with van der Waals surface area (Å²) in [5.74, 6) is 0.892. The van der Waals surface area contributed by atoms with Gasteiger partial charge in [0.15, 0.2) is 0 Å². The van der Waals surface area contributed by atoms with Crippen LogP contribution in [-0.2, 0) is 0 Å². The first kappa shape index (κ1) is 12.0. The summed E-state index contributed by atoms with van der Waals surface area (Å²) in [5.41, 5.74) is 0.0276. The van der Waals surface area contributed by atoms with Gasteiger partial charge < -0.3 is 10.4 Å². The number of hydrogen-bond donors (Lipinski definition) is 2. The predicted molar refractivity (Wildman–Crippen MR) is 60.3 cm³/mol. The second-order valence-corrected chi connectivity index (χ2v) is 5.09. The lowest BCUT2D eigenvalue weighted by molar-refractivity contribution is 0.0940. The van der Waals surface area contributed by atoms with E-state index in [0.29, 0.717) is 12.6 Å². The van der Waals surface area contributed by atoms with Gasteiger partial charge >= 0.3 is 0 Å². The van der Waals surface area contributed by atoms with E-state index < -0.39 is 0 Å². The molecule has 1 aliphatic carbocycles. The van der Waals surface area contributed by atoms with Crippen molar-refractivity contribution >= 4 is 0 Å². The first-order valence-corrected chi connectivity index (χ1v) is 6.00. The molecule has 0 aromatic rings. The average Bonchev–Trinajstić information content (AvgIpc) is 2.18. The molecule has 0 spiro atoms. The fourth-order valence-electron chi connectivity index (χ4n) is 2.60. The Balaban J connectivity index is 2.48. The lowest BCUT2D eigenvalue weighted by atomic mass is 9.75. The van der Waals surface area contributed by atoms with Crippen LogP contribution in [0.15, 0.2) is 0 Å². The Hall–Kier alpha value is -0.0800. The molecule has 1 rings (SSSR count). The van der Waals surface area contributed by atoms with Crippen LogP contribution in [0.1, 0.15) is 52.9 Å². The van der Waals surface area contributed by atoms with E-state index in [4.69, 9.17) is 0 Å². The van der Waals surface area contributed by atoms with Crippen LogP contribution >= 0.6 is 0 Å². The van der Waals surface area contributed by atoms with Crippen molar-refractivity contribution in [1.82, 2.24) is 5.32 Å². The number of aliphatic hydroxyl groups is 1. The Morgan fingerprint density at radius 1 is 1.36 bits per heavy atom. The largest absolute Gasteiger partial charge is 0.394 e. The molecule has 0 heterocycles. The second kappa shape index (κ2) is 5.13. The Morgan fingerprint density at radius 3 is 2.29 bits per heavy atom. The molecule has 2 nitrogen and oxygen atoms in total. The van der Waals surface area contributed by atoms with E-state index in [1.165, 1.54) is 19.3 Å². The minimum absolute atomic E-state index is 0.0276. The standard InChI is InChI=1S/C12H25NO/c1-4-11-5-7-12(9-14,8-6-11)13-10(2)3/h10-11,13-14H,4-9H2,1-3H3. The molecule has 0 bridgehead atoms. The van der Waals surface area contributed by atoms with Crippen molar-refractivity contribution in [3.05, 3.63) is 0 Å². The van der Waals surface area contributed by atoms with E-state index in [0.717, 1.165) is 18.8 Å². The van der Waals surface area contributed by atoms with Crippen molar-refractivity contribution in [3.8, 4) is 0 Å². The van der Waals surface area contributed by atoms with E-state index in [1.54, 1.807) is 0 Å². The Kier molecular flexibility index (Phi) is 4.39. The monoisotopic (exact) mass is 199 g/mol. The summed E-state index contributed by atoms with van der Waals surface area (Å²) in [6.45, 7) is 6.88. The van der Waals surface area contributed by atoms with Crippen LogP contribution in [-0.4, -0.2) is 23.3 Å². The smallest absolute Gasteiger partial charge is 0.0613 e. The number of aliphatic hydroxyl groups excluding tert-OH is 1. The van der Waals surface area contributed by atoms with Gasteiger partial charge in [-0.1, -0.05) is 27.2 Å². The summed E-state index contributed by atoms with van der Waals surface area (Å²) in [6.07, 6.45) is 6.12. The lowest BCUT2D eigenvalue weighted by Gasteiger charge is -2.41. The molecule has 1 aliphatic rings. The van der Waals surface area contributed by atoms with Crippen LogP contribution in [0.5, 0.6) is 0 Å². The highest BCUT2D eigenvalue weighted by molar-refractivity contribution is 4.93. The predicted octanol–water partition coefficient (Wildman–Crippen LogP) is 2.32. The van der Waals surface area contributed by atoms with Gasteiger partial charge in [-0.05, 0) is 31.6 Å². The highest BCUT2D eigenvalue weighted by Crippen LogP contribution is 2.33. The van der Waals surface area contributed by atoms with Gasteiger partial charge in [-0.25, -0.2) is 0 Å². The van der Waals surface area contributed by atoms with Crippen LogP contribution in [0.4, 0.5) is 0 Å². The molecule has 14 heavy (non-hydrogen) atoms. The van der Waals surface area contributed by atoms with Gasteiger partial charge in [0.1, 0.15) is 0 Å². The van der Waals surface area contributed by atoms with E-state index in [9.17, 15) is 5.11 Å². The van der Waals surface area contributed by atoms with Gasteiger partial charge in [0.2, 0.25) is 0 Å². The van der Waals surface area contributed by atoms with Crippen LogP contribution in [0.2, 0.25) is 0 Å². The summed E-state index contributed by atoms with van der Waals surface area (Å²) in [6, 6.07) is 0.473. The highest BCUT2D eigenvalue weighted by atomic mass is 16.3. The normalized spacial score (nSPS) is 33.6. The van der Waals surface area contributed by atoms with E-state index in [-0.39, 0.29) is 5.54 Å². The fraction of sp³-hybridized carbons (Fsp3) is 1.00. The maximum atomic E-state index is 9.49. The summed E-state index contributed by atoms with van der Waals surface area (Å²) in [7, 11) is 0. The number of nitrogens with one attached hydrogen (secondary N) is 1. The Morgan fingerprint density at radius 2 is 1.93 bits per heavy atom. The molecule has 2 N–H and O–H groups in total. The summed E-state index contributed by atoms with van der Waals surface area (Å²) in [5, 5.41) is 13.0. The summed E-state index contributed by atoms with van der Waals surface area (Å²) < 4.78 is 0. The molecular formula is C12H25NO. The summed E-state index contributed by atoms with van der Waals surface area (Å²) in [4.78, 5) is 0. The van der Waals surface area contributed by atoms with Gasteiger partial charge in [0.25, 0.3) is 0 Å². The third-order valence-corrected chi connectivity index (χ3v) is 3.54. The quantitative estimate of drug-likeness (QED) is 0.728. The topological polar surface area (TPSA) is 32.3 Å². The maximum absolute atomic E-state index is 9.49. The molecule has 1 fully saturated rings. The second-order valence-electron chi connectivity index (χ2n) is 5.09. The molecule has 0 amide bonds. The van der Waals surface area contributed by atoms with Crippen molar-refractivity contribution in [3.63, 3.8) is 0 Å². The molecule has 84 valence electrons. The molecule has 0 aromatic carbocycles. The summed E-state index contributed by atoms with van der Waals surface area (Å²) >= 11 is 0. The Bertz CT molecular complexity index is 160. The zero-order chi connectivity index (χ0) is 10.6. The Labute approximate surface area is 88.1 Å². The minimum Gasteiger partial charge on any atom is -0.394 e. The van der Waals surface area contributed by atoms with Crippen LogP contribution in [0.25, 0.3) is 0 Å². The van der Waals surface area contributed by atoms with E-state index in [2.05, 4.69) is 26.1 Å².